The van der Waals surface area contributed by atoms with Gasteiger partial charge in [0.25, 0.3) is 5.91 Å². The fourth-order valence-electron chi connectivity index (χ4n) is 2.08. The van der Waals surface area contributed by atoms with Crippen LogP contribution in [0.4, 0.5) is 13.2 Å². The van der Waals surface area contributed by atoms with E-state index in [0.29, 0.717) is 27.3 Å². The van der Waals surface area contributed by atoms with Crippen LogP contribution in [0.15, 0.2) is 29.4 Å². The highest BCUT2D eigenvalue weighted by atomic mass is 32.1. The molecule has 0 aliphatic carbocycles. The third-order valence-corrected chi connectivity index (χ3v) is 4.26. The number of alkyl halides is 3. The topological polar surface area (TPSA) is 72.8 Å². The van der Waals surface area contributed by atoms with Gasteiger partial charge in [0.1, 0.15) is 13.7 Å². The zero-order valence-electron chi connectivity index (χ0n) is 14.2. The Bertz CT molecular complexity index is 819. The van der Waals surface area contributed by atoms with E-state index in [1.807, 2.05) is 0 Å². The number of aromatic nitrogens is 1. The Morgan fingerprint density at radius 3 is 2.62 bits per heavy atom. The van der Waals surface area contributed by atoms with Crippen LogP contribution in [0.2, 0.25) is 0 Å². The zero-order valence-corrected chi connectivity index (χ0v) is 15.0. The van der Waals surface area contributed by atoms with Crippen molar-refractivity contribution in [3.05, 3.63) is 45.3 Å². The van der Waals surface area contributed by atoms with Crippen LogP contribution in [0.25, 0.3) is 0 Å². The second-order valence-electron chi connectivity index (χ2n) is 5.03. The summed E-state index contributed by atoms with van der Waals surface area (Å²) in [6.07, 6.45) is -4.52. The maximum Gasteiger partial charge on any atom is 0.443 e. The van der Waals surface area contributed by atoms with Gasteiger partial charge in [-0.2, -0.15) is 18.2 Å². The molecule has 1 N–H and O–H groups in total. The van der Waals surface area contributed by atoms with Crippen LogP contribution < -0.4 is 10.1 Å². The van der Waals surface area contributed by atoms with Crippen molar-refractivity contribution in [2.75, 3.05) is 14.2 Å². The van der Waals surface area contributed by atoms with Crippen molar-refractivity contribution in [2.24, 2.45) is 5.16 Å². The van der Waals surface area contributed by atoms with E-state index in [0.717, 1.165) is 0 Å². The molecule has 0 fully saturated rings. The van der Waals surface area contributed by atoms with E-state index in [1.165, 1.54) is 21.1 Å². The van der Waals surface area contributed by atoms with E-state index in [4.69, 9.17) is 9.57 Å². The highest BCUT2D eigenvalue weighted by molar-refractivity contribution is 7.11. The first kappa shape index (κ1) is 19.7. The van der Waals surface area contributed by atoms with Gasteiger partial charge in [0.05, 0.1) is 4.88 Å². The standard InChI is InChI=1S/C16H16F3N3O3S/c1-9-14(21-15(26-9)16(17,18)19)25-8-10-6-4-5-7-11(10)12(22-24-3)13(23)20-2/h4-7H,8H2,1-3H3,(H,20,23). The molecule has 6 nitrogen and oxygen atoms in total. The molecule has 0 atom stereocenters. The van der Waals surface area contributed by atoms with Gasteiger partial charge < -0.3 is 14.9 Å². The zero-order chi connectivity index (χ0) is 19.3. The summed E-state index contributed by atoms with van der Waals surface area (Å²) in [6, 6.07) is 6.73. The highest BCUT2D eigenvalue weighted by Crippen LogP contribution is 2.36. The number of benzene rings is 1. The van der Waals surface area contributed by atoms with E-state index >= 15 is 0 Å². The number of rotatable bonds is 6. The quantitative estimate of drug-likeness (QED) is 0.611. The van der Waals surface area contributed by atoms with Gasteiger partial charge in [-0.05, 0) is 12.5 Å². The Kier molecular flexibility index (Phi) is 6.19. The van der Waals surface area contributed by atoms with E-state index < -0.39 is 17.1 Å². The Morgan fingerprint density at radius 1 is 1.35 bits per heavy atom. The van der Waals surface area contributed by atoms with Gasteiger partial charge in [0.15, 0.2) is 5.71 Å². The van der Waals surface area contributed by atoms with Crippen LogP contribution in [0.1, 0.15) is 21.0 Å². The molecule has 2 rings (SSSR count). The summed E-state index contributed by atoms with van der Waals surface area (Å²) in [4.78, 5) is 20.5. The maximum absolute atomic E-state index is 12.7. The Balaban J connectivity index is 2.28. The summed E-state index contributed by atoms with van der Waals surface area (Å²) in [6.45, 7) is 1.41. The van der Waals surface area contributed by atoms with Crippen molar-refractivity contribution in [3.8, 4) is 5.88 Å². The number of halogens is 3. The number of amides is 1. The molecule has 26 heavy (non-hydrogen) atoms. The number of nitrogens with zero attached hydrogens (tertiary/aromatic N) is 2. The van der Waals surface area contributed by atoms with Crippen LogP contribution in [-0.2, 0) is 22.4 Å². The molecule has 2 aromatic rings. The summed E-state index contributed by atoms with van der Waals surface area (Å²) in [5.41, 5.74) is 1.02. The number of carbonyl (C=O) groups excluding carboxylic acids is 1. The molecule has 0 bridgehead atoms. The van der Waals surface area contributed by atoms with Crippen LogP contribution >= 0.6 is 11.3 Å². The van der Waals surface area contributed by atoms with E-state index in [9.17, 15) is 18.0 Å². The lowest BCUT2D eigenvalue weighted by Gasteiger charge is -2.11. The summed E-state index contributed by atoms with van der Waals surface area (Å²) in [5, 5.41) is 5.21. The van der Waals surface area contributed by atoms with Crippen LogP contribution in [0.5, 0.6) is 5.88 Å². The predicted octanol–water partition coefficient (Wildman–Crippen LogP) is 3.15. The van der Waals surface area contributed by atoms with Gasteiger partial charge in [0.2, 0.25) is 10.9 Å². The van der Waals surface area contributed by atoms with Crippen molar-refractivity contribution in [1.82, 2.24) is 10.3 Å². The monoisotopic (exact) mass is 387 g/mol. The molecule has 0 aliphatic rings. The molecule has 1 aromatic carbocycles. The molecule has 1 amide bonds. The van der Waals surface area contributed by atoms with Crippen molar-refractivity contribution in [3.63, 3.8) is 0 Å². The fraction of sp³-hybridized carbons (Fsp3) is 0.312. The molecule has 1 heterocycles. The summed E-state index contributed by atoms with van der Waals surface area (Å²) in [5.74, 6) is -0.564. The molecule has 0 spiro atoms. The fourth-order valence-corrected chi connectivity index (χ4v) is 2.81. The lowest BCUT2D eigenvalue weighted by Crippen LogP contribution is -2.29. The van der Waals surface area contributed by atoms with Gasteiger partial charge in [-0.3, -0.25) is 4.79 Å². The number of ether oxygens (including phenoxy) is 1. The average molecular weight is 387 g/mol. The van der Waals surface area contributed by atoms with Gasteiger partial charge in [-0.15, -0.1) is 11.3 Å². The molecule has 0 unspecified atom stereocenters. The predicted molar refractivity (Wildman–Crippen MR) is 90.2 cm³/mol. The van der Waals surface area contributed by atoms with E-state index in [2.05, 4.69) is 15.5 Å². The molecular formula is C16H16F3N3O3S. The number of thiazole rings is 1. The first-order chi connectivity index (χ1) is 12.3. The Morgan fingerprint density at radius 2 is 2.04 bits per heavy atom. The lowest BCUT2D eigenvalue weighted by atomic mass is 10.0. The summed E-state index contributed by atoms with van der Waals surface area (Å²) >= 11 is 0.515. The van der Waals surface area contributed by atoms with Gasteiger partial charge in [-0.1, -0.05) is 29.4 Å². The molecule has 1 aromatic heterocycles. The molecular weight excluding hydrogens is 371 g/mol. The minimum atomic E-state index is -4.52. The second kappa shape index (κ2) is 8.17. The second-order valence-corrected chi connectivity index (χ2v) is 6.23. The largest absolute Gasteiger partial charge is 0.472 e. The first-order valence-corrected chi connectivity index (χ1v) is 8.18. The molecule has 0 aliphatic heterocycles. The minimum Gasteiger partial charge on any atom is -0.472 e. The number of aryl methyl sites for hydroxylation is 1. The summed E-state index contributed by atoms with van der Waals surface area (Å²) < 4.78 is 43.7. The number of hydrogen-bond donors (Lipinski definition) is 1. The van der Waals surface area contributed by atoms with Crippen LogP contribution in [0.3, 0.4) is 0 Å². The average Bonchev–Trinajstić information content (AvgIpc) is 2.99. The molecule has 0 saturated heterocycles. The van der Waals surface area contributed by atoms with E-state index in [1.54, 1.807) is 24.3 Å². The minimum absolute atomic E-state index is 0.0279. The third-order valence-electron chi connectivity index (χ3n) is 3.26. The SMILES string of the molecule is CNC(=O)C(=NOC)c1ccccc1COc1nc(C(F)(F)F)sc1C. The van der Waals surface area contributed by atoms with Crippen LogP contribution in [-0.4, -0.2) is 30.8 Å². The maximum atomic E-state index is 12.7. The normalized spacial score (nSPS) is 12.0. The first-order valence-electron chi connectivity index (χ1n) is 7.36. The van der Waals surface area contributed by atoms with Crippen molar-refractivity contribution >= 4 is 23.0 Å². The molecule has 0 saturated carbocycles. The van der Waals surface area contributed by atoms with Crippen molar-refractivity contribution in [2.45, 2.75) is 19.7 Å². The number of hydrogen-bond acceptors (Lipinski definition) is 6. The molecule has 10 heteroatoms. The third kappa shape index (κ3) is 4.51. The van der Waals surface area contributed by atoms with E-state index in [-0.39, 0.29) is 18.2 Å². The number of nitrogens with one attached hydrogen (secondary N) is 1. The highest BCUT2D eigenvalue weighted by Gasteiger charge is 2.36. The number of oxime groups is 1. The van der Waals surface area contributed by atoms with Crippen molar-refractivity contribution in [1.29, 1.82) is 0 Å². The Hall–Kier alpha value is -2.62. The van der Waals surface area contributed by atoms with Gasteiger partial charge >= 0.3 is 6.18 Å². The van der Waals surface area contributed by atoms with Gasteiger partial charge in [-0.25, -0.2) is 0 Å². The smallest absolute Gasteiger partial charge is 0.443 e. The van der Waals surface area contributed by atoms with Crippen LogP contribution in [0, 0.1) is 6.92 Å². The summed E-state index contributed by atoms with van der Waals surface area (Å²) in [7, 11) is 2.75. The molecule has 0 radical (unpaired) electrons. The lowest BCUT2D eigenvalue weighted by molar-refractivity contribution is -0.137. The van der Waals surface area contributed by atoms with Crippen molar-refractivity contribution < 1.29 is 27.5 Å². The number of carbonyl (C=O) groups is 1. The Labute approximate surface area is 151 Å². The number of likely N-dealkylation sites (N-methyl/N-ethyl adjacent to an activating group) is 1. The van der Waals surface area contributed by atoms with Gasteiger partial charge in [0, 0.05) is 12.6 Å². The molecule has 140 valence electrons.